The monoisotopic (exact) mass is 552 g/mol. The third kappa shape index (κ3) is 6.16. The number of ether oxygens (including phenoxy) is 1. The summed E-state index contributed by atoms with van der Waals surface area (Å²) in [6.07, 6.45) is -1.11. The minimum Gasteiger partial charge on any atom is -0.465 e. The van der Waals surface area contributed by atoms with Gasteiger partial charge in [-0.25, -0.2) is 17.5 Å². The molecule has 0 aliphatic heterocycles. The zero-order valence-corrected chi connectivity index (χ0v) is 21.8. The Morgan fingerprint density at radius 2 is 1.59 bits per heavy atom. The largest absolute Gasteiger partial charge is 0.465 e. The lowest BCUT2D eigenvalue weighted by Crippen LogP contribution is -2.26. The maximum atomic E-state index is 13.6. The molecule has 1 heterocycles. The molecule has 0 atom stereocenters. The Hall–Kier alpha value is -4.49. The number of alkyl halides is 3. The summed E-state index contributed by atoms with van der Waals surface area (Å²) in [5.41, 5.74) is 1.26. The summed E-state index contributed by atoms with van der Waals surface area (Å²) in [7, 11) is -2.93. The van der Waals surface area contributed by atoms with Gasteiger partial charge in [0, 0.05) is 18.4 Å². The average molecular weight is 553 g/mol. The van der Waals surface area contributed by atoms with Crippen molar-refractivity contribution >= 4 is 16.0 Å². The fourth-order valence-electron chi connectivity index (χ4n) is 3.79. The van der Waals surface area contributed by atoms with Gasteiger partial charge >= 0.3 is 12.1 Å². The lowest BCUT2D eigenvalue weighted by atomic mass is 10.1. The van der Waals surface area contributed by atoms with E-state index in [1.54, 1.807) is 59.4 Å². The number of aromatic nitrogens is 1. The van der Waals surface area contributed by atoms with E-state index in [4.69, 9.17) is 4.74 Å². The van der Waals surface area contributed by atoms with E-state index in [1.165, 1.54) is 31.4 Å². The third-order valence-electron chi connectivity index (χ3n) is 5.84. The van der Waals surface area contributed by atoms with Gasteiger partial charge in [-0.3, -0.25) is 0 Å². The normalized spacial score (nSPS) is 11.4. The van der Waals surface area contributed by atoms with Crippen LogP contribution in [0.25, 0.3) is 5.69 Å². The fraction of sp³-hybridized carbons (Fsp3) is 0.138. The molecule has 0 unspecified atom stereocenters. The number of para-hydroxylation sites is 1. The Morgan fingerprint density at radius 3 is 2.18 bits per heavy atom. The van der Waals surface area contributed by atoms with Crippen LogP contribution in [0.15, 0.2) is 96.2 Å². The first-order chi connectivity index (χ1) is 18.5. The number of hydrogen-bond acceptors (Lipinski definition) is 4. The molecule has 0 saturated heterocycles. The zero-order chi connectivity index (χ0) is 28.2. The van der Waals surface area contributed by atoms with Crippen molar-refractivity contribution < 1.29 is 31.1 Å². The minimum atomic E-state index is -4.52. The molecular weight excluding hydrogens is 529 g/mol. The van der Waals surface area contributed by atoms with Gasteiger partial charge in [0.1, 0.15) is 0 Å². The van der Waals surface area contributed by atoms with Crippen LogP contribution in [-0.2, 0) is 27.5 Å². The molecule has 6 nitrogen and oxygen atoms in total. The van der Waals surface area contributed by atoms with E-state index >= 15 is 0 Å². The first-order valence-corrected chi connectivity index (χ1v) is 13.1. The molecular formula is C29H23F3N2O4S. The van der Waals surface area contributed by atoms with E-state index in [1.807, 2.05) is 6.92 Å². The highest BCUT2D eigenvalue weighted by Crippen LogP contribution is 2.29. The van der Waals surface area contributed by atoms with Gasteiger partial charge in [-0.15, -0.1) is 0 Å². The number of aryl methyl sites for hydroxylation is 1. The number of rotatable bonds is 6. The molecule has 0 radical (unpaired) electrons. The molecule has 200 valence electrons. The molecule has 0 bridgehead atoms. The summed E-state index contributed by atoms with van der Waals surface area (Å²) in [6.45, 7) is 1.50. The molecule has 0 amide bonds. The molecule has 0 saturated carbocycles. The first-order valence-electron chi connectivity index (χ1n) is 11.6. The molecule has 0 aliphatic rings. The highest BCUT2D eigenvalue weighted by Gasteiger charge is 2.30. The van der Waals surface area contributed by atoms with Gasteiger partial charge in [-0.1, -0.05) is 35.9 Å². The Morgan fingerprint density at radius 1 is 0.949 bits per heavy atom. The molecule has 39 heavy (non-hydrogen) atoms. The summed E-state index contributed by atoms with van der Waals surface area (Å²) >= 11 is 0. The maximum Gasteiger partial charge on any atom is 0.416 e. The number of nitrogens with zero attached hydrogens (tertiary/aromatic N) is 2. The number of hydrogen-bond donors (Lipinski definition) is 0. The lowest BCUT2D eigenvalue weighted by Gasteiger charge is -2.19. The van der Waals surface area contributed by atoms with Crippen molar-refractivity contribution in [3.63, 3.8) is 0 Å². The second-order valence-corrected chi connectivity index (χ2v) is 10.4. The molecule has 3 aromatic carbocycles. The van der Waals surface area contributed by atoms with Gasteiger partial charge in [0.05, 0.1) is 40.9 Å². The topological polar surface area (TPSA) is 68.6 Å². The average Bonchev–Trinajstić information content (AvgIpc) is 3.45. The standard InChI is InChI=1S/C29H23F3N2O4S/c1-21-8-14-25(15-9-21)39(36,37)34(20-22-10-12-24(13-11-22)29(30,31)32)19-16-23-6-5-7-26(28(35)38-2)27(23)33-17-3-4-18-33/h3-15,17-18H,20H2,1-2H3. The molecule has 4 rings (SSSR count). The molecule has 10 heteroatoms. The molecule has 4 aromatic rings. The van der Waals surface area contributed by atoms with Crippen LogP contribution in [0.3, 0.4) is 0 Å². The predicted octanol–water partition coefficient (Wildman–Crippen LogP) is 5.79. The van der Waals surface area contributed by atoms with E-state index in [-0.39, 0.29) is 17.0 Å². The van der Waals surface area contributed by atoms with Crippen molar-refractivity contribution in [2.45, 2.75) is 24.5 Å². The van der Waals surface area contributed by atoms with E-state index in [2.05, 4.69) is 12.0 Å². The van der Waals surface area contributed by atoms with Crippen molar-refractivity contribution in [1.82, 2.24) is 8.87 Å². The van der Waals surface area contributed by atoms with Crippen molar-refractivity contribution in [3.8, 4) is 17.7 Å². The Bertz CT molecular complexity index is 1630. The second-order valence-electron chi connectivity index (χ2n) is 8.54. The lowest BCUT2D eigenvalue weighted by molar-refractivity contribution is -0.137. The van der Waals surface area contributed by atoms with Gasteiger partial charge in [0.15, 0.2) is 0 Å². The van der Waals surface area contributed by atoms with Crippen LogP contribution in [0, 0.1) is 18.9 Å². The smallest absolute Gasteiger partial charge is 0.416 e. The number of carbonyl (C=O) groups is 1. The Balaban J connectivity index is 1.82. The van der Waals surface area contributed by atoms with Crippen LogP contribution in [0.5, 0.6) is 0 Å². The Kier molecular flexibility index (Phi) is 7.83. The highest BCUT2D eigenvalue weighted by molar-refractivity contribution is 7.89. The highest BCUT2D eigenvalue weighted by atomic mass is 32.2. The number of sulfonamides is 1. The number of methoxy groups -OCH3 is 1. The maximum absolute atomic E-state index is 13.6. The second kappa shape index (κ2) is 11.1. The zero-order valence-electron chi connectivity index (χ0n) is 20.9. The van der Waals surface area contributed by atoms with Crippen LogP contribution >= 0.6 is 0 Å². The first kappa shape index (κ1) is 27.5. The number of esters is 1. The van der Waals surface area contributed by atoms with Crippen LogP contribution < -0.4 is 0 Å². The molecule has 0 fully saturated rings. The summed E-state index contributed by atoms with van der Waals surface area (Å²) < 4.78 is 73.7. The summed E-state index contributed by atoms with van der Waals surface area (Å²) in [6, 6.07) is 21.3. The van der Waals surface area contributed by atoms with Crippen LogP contribution in [-0.4, -0.2) is 30.4 Å². The summed E-state index contributed by atoms with van der Waals surface area (Å²) in [4.78, 5) is 12.4. The van der Waals surface area contributed by atoms with Crippen LogP contribution in [0.1, 0.15) is 32.6 Å². The van der Waals surface area contributed by atoms with E-state index in [0.29, 0.717) is 16.8 Å². The number of carbonyl (C=O) groups excluding carboxylic acids is 1. The molecule has 1 aromatic heterocycles. The number of benzene rings is 3. The van der Waals surface area contributed by atoms with Crippen LogP contribution in [0.4, 0.5) is 13.2 Å². The van der Waals surface area contributed by atoms with Gasteiger partial charge < -0.3 is 9.30 Å². The van der Waals surface area contributed by atoms with E-state index in [9.17, 15) is 26.4 Å². The quantitative estimate of drug-likeness (QED) is 0.173. The third-order valence-corrected chi connectivity index (χ3v) is 7.50. The van der Waals surface area contributed by atoms with Crippen LogP contribution in [0.2, 0.25) is 0 Å². The van der Waals surface area contributed by atoms with Gasteiger partial charge in [-0.05, 0) is 66.9 Å². The van der Waals surface area contributed by atoms with Gasteiger partial charge in [0.25, 0.3) is 10.0 Å². The van der Waals surface area contributed by atoms with E-state index < -0.39 is 27.7 Å². The molecule has 0 aliphatic carbocycles. The van der Waals surface area contributed by atoms with Gasteiger partial charge in [-0.2, -0.15) is 13.2 Å². The van der Waals surface area contributed by atoms with Crippen molar-refractivity contribution in [1.29, 1.82) is 0 Å². The fourth-order valence-corrected chi connectivity index (χ4v) is 5.01. The predicted molar refractivity (Wildman–Crippen MR) is 139 cm³/mol. The molecule has 0 N–H and O–H groups in total. The van der Waals surface area contributed by atoms with Crippen molar-refractivity contribution in [2.75, 3.05) is 7.11 Å². The summed E-state index contributed by atoms with van der Waals surface area (Å²) in [5, 5.41) is 0. The summed E-state index contributed by atoms with van der Waals surface area (Å²) in [5.74, 6) is 2.25. The SMILES string of the molecule is COC(=O)c1cccc(C#CN(Cc2ccc(C(F)(F)F)cc2)S(=O)(=O)c2ccc(C)cc2)c1-n1cccc1. The Labute approximate surface area is 224 Å². The van der Waals surface area contributed by atoms with Crippen molar-refractivity contribution in [3.05, 3.63) is 119 Å². The van der Waals surface area contributed by atoms with E-state index in [0.717, 1.165) is 22.0 Å². The number of halogens is 3. The minimum absolute atomic E-state index is 0.0248. The van der Waals surface area contributed by atoms with Gasteiger partial charge in [0.2, 0.25) is 0 Å². The molecule has 0 spiro atoms. The van der Waals surface area contributed by atoms with Crippen molar-refractivity contribution in [2.24, 2.45) is 0 Å².